The molecular weight excluding hydrogens is 473 g/mol. The van der Waals surface area contributed by atoms with E-state index in [0.29, 0.717) is 35.7 Å². The number of ether oxygens (including phenoxy) is 1. The van der Waals surface area contributed by atoms with E-state index in [0.717, 1.165) is 17.2 Å². The lowest BCUT2D eigenvalue weighted by Crippen LogP contribution is -2.18. The maximum absolute atomic E-state index is 13.7. The van der Waals surface area contributed by atoms with E-state index in [-0.39, 0.29) is 18.6 Å². The van der Waals surface area contributed by atoms with E-state index in [1.807, 2.05) is 12.1 Å². The average molecular weight is 501 g/mol. The van der Waals surface area contributed by atoms with Crippen molar-refractivity contribution in [2.45, 2.75) is 32.7 Å². The lowest BCUT2D eigenvalue weighted by atomic mass is 9.97. The summed E-state index contributed by atoms with van der Waals surface area (Å²) in [7, 11) is 1.53. The summed E-state index contributed by atoms with van der Waals surface area (Å²) in [5, 5.41) is 15.8. The summed E-state index contributed by atoms with van der Waals surface area (Å²) in [6, 6.07) is 18.0. The van der Waals surface area contributed by atoms with Gasteiger partial charge in [-0.2, -0.15) is 13.2 Å². The monoisotopic (exact) mass is 500 g/mol. The highest BCUT2D eigenvalue weighted by Gasteiger charge is 2.34. The van der Waals surface area contributed by atoms with Crippen LogP contribution in [0.4, 0.5) is 13.2 Å². The fourth-order valence-electron chi connectivity index (χ4n) is 3.58. The maximum Gasteiger partial charge on any atom is 0.417 e. The molecule has 3 rings (SSSR count). The summed E-state index contributed by atoms with van der Waals surface area (Å²) in [6.45, 7) is 2.36. The third-order valence-electron chi connectivity index (χ3n) is 5.44. The molecule has 0 aliphatic carbocycles. The van der Waals surface area contributed by atoms with Gasteiger partial charge >= 0.3 is 12.1 Å². The number of rotatable bonds is 11. The van der Waals surface area contributed by atoms with Crippen LogP contribution in [0.5, 0.6) is 5.75 Å². The first-order valence-corrected chi connectivity index (χ1v) is 11.2. The number of carbonyl (C=O) groups is 1. The van der Waals surface area contributed by atoms with Crippen LogP contribution in [0, 0.1) is 0 Å². The van der Waals surface area contributed by atoms with Crippen LogP contribution in [-0.4, -0.2) is 30.4 Å². The molecule has 0 aliphatic rings. The smallest absolute Gasteiger partial charge is 0.417 e. The zero-order valence-electron chi connectivity index (χ0n) is 19.9. The largest absolute Gasteiger partial charge is 0.496 e. The first-order valence-electron chi connectivity index (χ1n) is 11.2. The van der Waals surface area contributed by atoms with Gasteiger partial charge in [-0.3, -0.25) is 4.79 Å². The molecule has 6 nitrogen and oxygen atoms in total. The van der Waals surface area contributed by atoms with Crippen molar-refractivity contribution in [1.82, 2.24) is 5.32 Å². The lowest BCUT2D eigenvalue weighted by molar-refractivity contribution is -0.138. The van der Waals surface area contributed by atoms with Crippen LogP contribution >= 0.6 is 0 Å². The number of hydrogen-bond donors (Lipinski definition) is 2. The Bertz CT molecular complexity index is 1210. The zero-order valence-corrected chi connectivity index (χ0v) is 19.9. The second kappa shape index (κ2) is 12.2. The van der Waals surface area contributed by atoms with Crippen LogP contribution in [0.15, 0.2) is 71.9 Å². The molecule has 9 heteroatoms. The Labute approximate surface area is 207 Å². The number of methoxy groups -OCH3 is 1. The van der Waals surface area contributed by atoms with Gasteiger partial charge in [0.25, 0.3) is 0 Å². The van der Waals surface area contributed by atoms with Crippen molar-refractivity contribution >= 4 is 11.7 Å². The van der Waals surface area contributed by atoms with Gasteiger partial charge in [-0.05, 0) is 35.7 Å². The second-order valence-corrected chi connectivity index (χ2v) is 8.04. The molecule has 0 fully saturated rings. The van der Waals surface area contributed by atoms with Gasteiger partial charge in [0.2, 0.25) is 0 Å². The Hall–Kier alpha value is -3.85. The van der Waals surface area contributed by atoms with Crippen molar-refractivity contribution in [2.24, 2.45) is 5.16 Å². The summed E-state index contributed by atoms with van der Waals surface area (Å²) < 4.78 is 46.6. The van der Waals surface area contributed by atoms with E-state index in [9.17, 15) is 18.0 Å². The van der Waals surface area contributed by atoms with Gasteiger partial charge in [0, 0.05) is 24.2 Å². The predicted molar refractivity (Wildman–Crippen MR) is 131 cm³/mol. The highest BCUT2D eigenvalue weighted by molar-refractivity contribution is 5.98. The molecule has 0 saturated heterocycles. The SMILES string of the molecule is COc1cc(/C(C)=N/OCc2ccc(-c3ccccc3)c(C(F)(F)F)c2)ccc1CNCCC(=O)O. The topological polar surface area (TPSA) is 80.2 Å². The molecule has 0 unspecified atom stereocenters. The lowest BCUT2D eigenvalue weighted by Gasteiger charge is -2.15. The normalized spacial score (nSPS) is 11.9. The molecule has 0 aliphatic heterocycles. The minimum atomic E-state index is -4.51. The molecule has 0 saturated carbocycles. The quantitative estimate of drug-likeness (QED) is 0.195. The molecule has 0 radical (unpaired) electrons. The van der Waals surface area contributed by atoms with Gasteiger partial charge < -0.3 is 20.0 Å². The van der Waals surface area contributed by atoms with Crippen LogP contribution in [0.3, 0.4) is 0 Å². The highest BCUT2D eigenvalue weighted by atomic mass is 19.4. The van der Waals surface area contributed by atoms with Crippen molar-refractivity contribution < 1.29 is 32.6 Å². The van der Waals surface area contributed by atoms with Gasteiger partial charge in [-0.25, -0.2) is 0 Å². The van der Waals surface area contributed by atoms with Gasteiger partial charge in [0.1, 0.15) is 12.4 Å². The van der Waals surface area contributed by atoms with E-state index in [4.69, 9.17) is 14.7 Å². The Morgan fingerprint density at radius 2 is 1.81 bits per heavy atom. The first kappa shape index (κ1) is 26.7. The molecular formula is C27H27F3N2O4. The third-order valence-corrected chi connectivity index (χ3v) is 5.44. The molecule has 0 amide bonds. The van der Waals surface area contributed by atoms with Crippen LogP contribution in [0.1, 0.15) is 35.6 Å². The molecule has 3 aromatic carbocycles. The molecule has 3 aromatic rings. The van der Waals surface area contributed by atoms with E-state index < -0.39 is 17.7 Å². The number of hydrogen-bond acceptors (Lipinski definition) is 5. The number of aliphatic carboxylic acids is 1. The van der Waals surface area contributed by atoms with Crippen LogP contribution in [0.25, 0.3) is 11.1 Å². The zero-order chi connectivity index (χ0) is 26.1. The number of oxime groups is 1. The Balaban J connectivity index is 1.69. The average Bonchev–Trinajstić information content (AvgIpc) is 2.86. The van der Waals surface area contributed by atoms with Crippen molar-refractivity contribution in [3.05, 3.63) is 89.0 Å². The van der Waals surface area contributed by atoms with E-state index >= 15 is 0 Å². The number of nitrogens with zero attached hydrogens (tertiary/aromatic N) is 1. The van der Waals surface area contributed by atoms with Crippen molar-refractivity contribution in [1.29, 1.82) is 0 Å². The number of benzene rings is 3. The molecule has 190 valence electrons. The number of carboxylic acids is 1. The minimum absolute atomic E-state index is 0.0168. The fourth-order valence-corrected chi connectivity index (χ4v) is 3.58. The molecule has 0 heterocycles. The Kier molecular flexibility index (Phi) is 9.08. The van der Waals surface area contributed by atoms with Gasteiger partial charge in [-0.15, -0.1) is 0 Å². The fraction of sp³-hybridized carbons (Fsp3) is 0.259. The van der Waals surface area contributed by atoms with Crippen molar-refractivity contribution in [3.63, 3.8) is 0 Å². The second-order valence-electron chi connectivity index (χ2n) is 8.04. The van der Waals surface area contributed by atoms with Gasteiger partial charge in [-0.1, -0.05) is 59.8 Å². The molecule has 0 aromatic heterocycles. The summed E-state index contributed by atoms with van der Waals surface area (Å²) in [4.78, 5) is 16.0. The molecule has 0 bridgehead atoms. The molecule has 36 heavy (non-hydrogen) atoms. The van der Waals surface area contributed by atoms with E-state index in [1.165, 1.54) is 13.2 Å². The number of nitrogens with one attached hydrogen (secondary N) is 1. The summed E-state index contributed by atoms with van der Waals surface area (Å²) in [6.07, 6.45) is -4.50. The molecule has 2 N–H and O–H groups in total. The highest BCUT2D eigenvalue weighted by Crippen LogP contribution is 2.37. The van der Waals surface area contributed by atoms with Crippen LogP contribution in [0.2, 0.25) is 0 Å². The van der Waals surface area contributed by atoms with Crippen molar-refractivity contribution in [2.75, 3.05) is 13.7 Å². The first-order chi connectivity index (χ1) is 17.2. The number of carboxylic acid groups (broad SMARTS) is 1. The summed E-state index contributed by atoms with van der Waals surface area (Å²) in [5.41, 5.74) is 2.30. The Morgan fingerprint density at radius 1 is 1.06 bits per heavy atom. The Morgan fingerprint density at radius 3 is 2.47 bits per heavy atom. The summed E-state index contributed by atoms with van der Waals surface area (Å²) >= 11 is 0. The molecule has 0 spiro atoms. The van der Waals surface area contributed by atoms with Gasteiger partial charge in [0.15, 0.2) is 0 Å². The molecule has 0 atom stereocenters. The number of halogens is 3. The van der Waals surface area contributed by atoms with Gasteiger partial charge in [0.05, 0.1) is 24.8 Å². The third kappa shape index (κ3) is 7.32. The number of alkyl halides is 3. The maximum atomic E-state index is 13.7. The van der Waals surface area contributed by atoms with E-state index in [2.05, 4.69) is 10.5 Å². The van der Waals surface area contributed by atoms with Crippen LogP contribution < -0.4 is 10.1 Å². The van der Waals surface area contributed by atoms with Crippen LogP contribution in [-0.2, 0) is 29.0 Å². The summed E-state index contributed by atoms with van der Waals surface area (Å²) in [5.74, 6) is -0.283. The minimum Gasteiger partial charge on any atom is -0.496 e. The standard InChI is InChI=1S/C27H27F3N2O4/c1-18(21-9-10-22(25(15-21)35-2)16-31-13-12-26(33)34)32-36-17-19-8-11-23(20-6-4-3-5-7-20)24(14-19)27(28,29)30/h3-11,14-15,31H,12-13,16-17H2,1-2H3,(H,33,34)/b32-18+. The van der Waals surface area contributed by atoms with E-state index in [1.54, 1.807) is 49.4 Å². The van der Waals surface area contributed by atoms with Crippen molar-refractivity contribution in [3.8, 4) is 16.9 Å². The predicted octanol–water partition coefficient (Wildman–Crippen LogP) is 5.89.